The molecule has 0 bridgehead atoms. The van der Waals surface area contributed by atoms with Crippen molar-refractivity contribution >= 4 is 0 Å². The lowest BCUT2D eigenvalue weighted by atomic mass is 10.3. The van der Waals surface area contributed by atoms with Crippen LogP contribution in [0.3, 0.4) is 0 Å². The quantitative estimate of drug-likeness (QED) is 0.722. The number of rotatable bonds is 6. The van der Waals surface area contributed by atoms with E-state index in [0.29, 0.717) is 18.5 Å². The maximum absolute atomic E-state index is 5.46. The number of hydrogen-bond donors (Lipinski definition) is 1. The Kier molecular flexibility index (Phi) is 5.04. The lowest BCUT2D eigenvalue weighted by molar-refractivity contribution is 0.291. The Labute approximate surface area is 91.1 Å². The van der Waals surface area contributed by atoms with Crippen LogP contribution in [0, 0.1) is 6.92 Å². The Hall–Kier alpha value is -1.16. The van der Waals surface area contributed by atoms with E-state index in [1.807, 2.05) is 13.0 Å². The second kappa shape index (κ2) is 6.35. The minimum Gasteiger partial charge on any atom is -0.477 e. The molecule has 1 heterocycles. The highest BCUT2D eigenvalue weighted by molar-refractivity contribution is 5.14. The molecule has 0 fully saturated rings. The van der Waals surface area contributed by atoms with E-state index in [4.69, 9.17) is 4.74 Å². The molecule has 4 heteroatoms. The van der Waals surface area contributed by atoms with Gasteiger partial charge in [-0.05, 0) is 25.5 Å². The van der Waals surface area contributed by atoms with E-state index in [9.17, 15) is 0 Å². The molecule has 4 nitrogen and oxygen atoms in total. The Bertz CT molecular complexity index is 289. The maximum Gasteiger partial charge on any atom is 0.233 e. The van der Waals surface area contributed by atoms with E-state index in [1.165, 1.54) is 0 Å². The zero-order valence-corrected chi connectivity index (χ0v) is 9.66. The number of aryl methyl sites for hydroxylation is 1. The molecule has 1 aromatic rings. The molecule has 0 amide bonds. The van der Waals surface area contributed by atoms with Crippen molar-refractivity contribution in [1.82, 2.24) is 15.5 Å². The lowest BCUT2D eigenvalue weighted by Crippen LogP contribution is -2.24. The minimum absolute atomic E-state index is 0.531. The normalized spacial score (nSPS) is 10.7. The average Bonchev–Trinajstić information content (AvgIpc) is 2.17. The largest absolute Gasteiger partial charge is 0.477 e. The molecule has 15 heavy (non-hydrogen) atoms. The third kappa shape index (κ3) is 5.32. The van der Waals surface area contributed by atoms with E-state index in [0.717, 1.165) is 18.5 Å². The van der Waals surface area contributed by atoms with Crippen LogP contribution < -0.4 is 10.1 Å². The van der Waals surface area contributed by atoms with Gasteiger partial charge in [0.15, 0.2) is 0 Å². The van der Waals surface area contributed by atoms with Gasteiger partial charge in [0.05, 0.1) is 12.8 Å². The van der Waals surface area contributed by atoms with Crippen molar-refractivity contribution in [1.29, 1.82) is 0 Å². The van der Waals surface area contributed by atoms with Crippen molar-refractivity contribution in [2.24, 2.45) is 0 Å². The molecule has 1 aromatic heterocycles. The summed E-state index contributed by atoms with van der Waals surface area (Å²) in [6.45, 7) is 7.89. The van der Waals surface area contributed by atoms with Crippen LogP contribution in [0.15, 0.2) is 12.3 Å². The summed E-state index contributed by atoms with van der Waals surface area (Å²) in [6.07, 6.45) is 2.70. The van der Waals surface area contributed by atoms with Gasteiger partial charge in [-0.15, -0.1) is 5.10 Å². The summed E-state index contributed by atoms with van der Waals surface area (Å²) >= 11 is 0. The van der Waals surface area contributed by atoms with Gasteiger partial charge in [-0.1, -0.05) is 13.8 Å². The number of nitrogens with zero attached hydrogens (tertiary/aromatic N) is 2. The van der Waals surface area contributed by atoms with E-state index >= 15 is 0 Å². The molecular formula is C11H19N3O. The highest BCUT2D eigenvalue weighted by Crippen LogP contribution is 2.05. The van der Waals surface area contributed by atoms with Crippen molar-refractivity contribution < 1.29 is 4.74 Å². The molecule has 84 valence electrons. The average molecular weight is 209 g/mol. The van der Waals surface area contributed by atoms with Gasteiger partial charge in [-0.2, -0.15) is 5.10 Å². The minimum atomic E-state index is 0.531. The van der Waals surface area contributed by atoms with Crippen LogP contribution in [0.4, 0.5) is 0 Å². The Morgan fingerprint density at radius 1 is 1.47 bits per heavy atom. The van der Waals surface area contributed by atoms with Crippen molar-refractivity contribution in [3.63, 3.8) is 0 Å². The van der Waals surface area contributed by atoms with Gasteiger partial charge in [0.25, 0.3) is 0 Å². The van der Waals surface area contributed by atoms with Gasteiger partial charge in [-0.3, -0.25) is 0 Å². The maximum atomic E-state index is 5.46. The standard InChI is InChI=1S/C11H19N3O/c1-9(2)12-5-4-6-15-11-7-10(3)8-13-14-11/h7-9,12H,4-6H2,1-3H3. The second-order valence-corrected chi connectivity index (χ2v) is 3.88. The third-order valence-corrected chi connectivity index (χ3v) is 1.89. The summed E-state index contributed by atoms with van der Waals surface area (Å²) in [5.74, 6) is 0.611. The molecule has 0 aliphatic carbocycles. The fourth-order valence-electron chi connectivity index (χ4n) is 1.15. The van der Waals surface area contributed by atoms with Crippen molar-refractivity contribution in [3.8, 4) is 5.88 Å². The van der Waals surface area contributed by atoms with Crippen LogP contribution >= 0.6 is 0 Å². The highest BCUT2D eigenvalue weighted by Gasteiger charge is 1.96. The molecule has 0 unspecified atom stereocenters. The van der Waals surface area contributed by atoms with Gasteiger partial charge in [0, 0.05) is 12.1 Å². The Balaban J connectivity index is 2.15. The summed E-state index contributed by atoms with van der Waals surface area (Å²) in [4.78, 5) is 0. The fourth-order valence-corrected chi connectivity index (χ4v) is 1.15. The van der Waals surface area contributed by atoms with Crippen molar-refractivity contribution in [2.75, 3.05) is 13.2 Å². The summed E-state index contributed by atoms with van der Waals surface area (Å²) in [5.41, 5.74) is 1.07. The molecule has 0 atom stereocenters. The lowest BCUT2D eigenvalue weighted by Gasteiger charge is -2.08. The number of ether oxygens (including phenoxy) is 1. The predicted molar refractivity (Wildman–Crippen MR) is 60.0 cm³/mol. The number of aromatic nitrogens is 2. The molecule has 0 aromatic carbocycles. The van der Waals surface area contributed by atoms with E-state index < -0.39 is 0 Å². The van der Waals surface area contributed by atoms with E-state index in [-0.39, 0.29) is 0 Å². The topological polar surface area (TPSA) is 47.0 Å². The molecule has 1 rings (SSSR count). The molecule has 0 aliphatic rings. The van der Waals surface area contributed by atoms with Crippen LogP contribution in [0.5, 0.6) is 5.88 Å². The Morgan fingerprint density at radius 3 is 2.93 bits per heavy atom. The monoisotopic (exact) mass is 209 g/mol. The summed E-state index contributed by atoms with van der Waals surface area (Å²) in [6, 6.07) is 2.42. The van der Waals surface area contributed by atoms with Gasteiger partial charge in [0.2, 0.25) is 5.88 Å². The van der Waals surface area contributed by atoms with Gasteiger partial charge >= 0.3 is 0 Å². The first-order valence-electron chi connectivity index (χ1n) is 5.34. The summed E-state index contributed by atoms with van der Waals surface area (Å²) in [7, 11) is 0. The SMILES string of the molecule is Cc1cnnc(OCCCNC(C)C)c1. The predicted octanol–water partition coefficient (Wildman–Crippen LogP) is 1.55. The molecule has 1 N–H and O–H groups in total. The van der Waals surface area contributed by atoms with Crippen LogP contribution in [0.2, 0.25) is 0 Å². The first kappa shape index (κ1) is 11.9. The summed E-state index contributed by atoms with van der Waals surface area (Å²) < 4.78 is 5.46. The molecule has 0 spiro atoms. The number of nitrogens with one attached hydrogen (secondary N) is 1. The second-order valence-electron chi connectivity index (χ2n) is 3.88. The van der Waals surface area contributed by atoms with Crippen LogP contribution in [-0.2, 0) is 0 Å². The van der Waals surface area contributed by atoms with E-state index in [1.54, 1.807) is 6.20 Å². The molecule has 0 saturated heterocycles. The molecule has 0 radical (unpaired) electrons. The van der Waals surface area contributed by atoms with Crippen LogP contribution in [0.1, 0.15) is 25.8 Å². The van der Waals surface area contributed by atoms with Gasteiger partial charge in [-0.25, -0.2) is 0 Å². The van der Waals surface area contributed by atoms with Crippen LogP contribution in [0.25, 0.3) is 0 Å². The van der Waals surface area contributed by atoms with Crippen molar-refractivity contribution in [3.05, 3.63) is 17.8 Å². The van der Waals surface area contributed by atoms with E-state index in [2.05, 4.69) is 29.4 Å². The first-order valence-corrected chi connectivity index (χ1v) is 5.34. The molecular weight excluding hydrogens is 190 g/mol. The molecule has 0 aliphatic heterocycles. The highest BCUT2D eigenvalue weighted by atomic mass is 16.5. The molecule has 0 saturated carbocycles. The zero-order chi connectivity index (χ0) is 11.1. The fraction of sp³-hybridized carbons (Fsp3) is 0.636. The summed E-state index contributed by atoms with van der Waals surface area (Å²) in [5, 5.41) is 11.0. The van der Waals surface area contributed by atoms with Gasteiger partial charge < -0.3 is 10.1 Å². The third-order valence-electron chi connectivity index (χ3n) is 1.89. The smallest absolute Gasteiger partial charge is 0.233 e. The Morgan fingerprint density at radius 2 is 2.27 bits per heavy atom. The zero-order valence-electron chi connectivity index (χ0n) is 9.66. The number of hydrogen-bond acceptors (Lipinski definition) is 4. The van der Waals surface area contributed by atoms with Crippen molar-refractivity contribution in [2.45, 2.75) is 33.2 Å². The van der Waals surface area contributed by atoms with Crippen LogP contribution in [-0.4, -0.2) is 29.4 Å². The first-order chi connectivity index (χ1) is 7.18. The van der Waals surface area contributed by atoms with Gasteiger partial charge in [0.1, 0.15) is 0 Å².